The number of nitrogens with one attached hydrogen (secondary N) is 2. The van der Waals surface area contributed by atoms with E-state index in [0.29, 0.717) is 30.1 Å². The van der Waals surface area contributed by atoms with Gasteiger partial charge in [-0.2, -0.15) is 15.2 Å². The molecule has 2 N–H and O–H groups in total. The topological polar surface area (TPSA) is 136 Å². The summed E-state index contributed by atoms with van der Waals surface area (Å²) >= 11 is 0. The Hall–Kier alpha value is -2.81. The van der Waals surface area contributed by atoms with Crippen molar-refractivity contribution in [3.8, 4) is 6.07 Å². The summed E-state index contributed by atoms with van der Waals surface area (Å²) in [5, 5.41) is 15.2. The van der Waals surface area contributed by atoms with Crippen molar-refractivity contribution in [2.24, 2.45) is 0 Å². The van der Waals surface area contributed by atoms with E-state index < -0.39 is 30.3 Å². The zero-order valence-corrected chi connectivity index (χ0v) is 16.7. The number of nitriles is 1. The van der Waals surface area contributed by atoms with Gasteiger partial charge in [0.05, 0.1) is 6.33 Å². The summed E-state index contributed by atoms with van der Waals surface area (Å²) in [6, 6.07) is 1.96. The van der Waals surface area contributed by atoms with E-state index in [1.165, 1.54) is 0 Å². The number of carbonyl (C=O) groups excluding carboxylic acids is 1. The van der Waals surface area contributed by atoms with Crippen LogP contribution in [0.25, 0.3) is 11.2 Å². The molecule has 1 amide bonds. The first-order valence-corrected chi connectivity index (χ1v) is 9.56. The molecule has 4 rings (SSSR count). The Balaban J connectivity index is 1.77. The van der Waals surface area contributed by atoms with Gasteiger partial charge < -0.3 is 24.8 Å². The number of hydrogen-bond acceptors (Lipinski definition) is 9. The van der Waals surface area contributed by atoms with E-state index in [4.69, 9.17) is 14.2 Å². The largest absolute Gasteiger partial charge is 0.368 e. The fourth-order valence-electron chi connectivity index (χ4n) is 3.73. The van der Waals surface area contributed by atoms with Crippen LogP contribution in [0.15, 0.2) is 6.33 Å². The third-order valence-corrected chi connectivity index (χ3v) is 4.78. The average Bonchev–Trinajstić information content (AvgIpc) is 3.32. The first-order chi connectivity index (χ1) is 13.9. The second-order valence-corrected chi connectivity index (χ2v) is 7.27. The van der Waals surface area contributed by atoms with Crippen LogP contribution in [0.4, 0.5) is 5.82 Å². The van der Waals surface area contributed by atoms with E-state index in [1.54, 1.807) is 24.7 Å². The van der Waals surface area contributed by atoms with Crippen molar-refractivity contribution in [1.29, 1.82) is 5.26 Å². The number of anilines is 1. The van der Waals surface area contributed by atoms with Gasteiger partial charge in [-0.25, -0.2) is 4.98 Å². The van der Waals surface area contributed by atoms with Gasteiger partial charge in [0.25, 0.3) is 5.91 Å². The second-order valence-electron chi connectivity index (χ2n) is 7.27. The Morgan fingerprint density at radius 2 is 2.03 bits per heavy atom. The molecule has 2 saturated heterocycles. The Bertz CT molecular complexity index is 982. The Morgan fingerprint density at radius 1 is 1.28 bits per heavy atom. The predicted octanol–water partition coefficient (Wildman–Crippen LogP) is 0.683. The lowest BCUT2D eigenvalue weighted by Crippen LogP contribution is -2.42. The Morgan fingerprint density at radius 3 is 2.72 bits per heavy atom. The van der Waals surface area contributed by atoms with Crippen molar-refractivity contribution >= 4 is 22.9 Å². The van der Waals surface area contributed by atoms with Gasteiger partial charge in [-0.1, -0.05) is 0 Å². The molecule has 0 saturated carbocycles. The minimum Gasteiger partial charge on any atom is -0.368 e. The van der Waals surface area contributed by atoms with Crippen LogP contribution >= 0.6 is 0 Å². The smallest absolute Gasteiger partial charge is 0.252 e. The SMILES string of the molecule is CCNC(=O)[C@H]1O[C@@H](n2cnc3c(NCC)nc(C#N)nc32)[C@@H]2OC(C)(C)O[C@@H]21. The lowest BCUT2D eigenvalue weighted by Gasteiger charge is -2.24. The van der Waals surface area contributed by atoms with Crippen molar-refractivity contribution in [1.82, 2.24) is 24.8 Å². The number of hydrogen-bond donors (Lipinski definition) is 2. The molecule has 2 fully saturated rings. The fourth-order valence-corrected chi connectivity index (χ4v) is 3.73. The molecule has 29 heavy (non-hydrogen) atoms. The molecule has 11 nitrogen and oxygen atoms in total. The number of carbonyl (C=O) groups is 1. The van der Waals surface area contributed by atoms with Gasteiger partial charge >= 0.3 is 0 Å². The van der Waals surface area contributed by atoms with Crippen LogP contribution in [0.5, 0.6) is 0 Å². The zero-order chi connectivity index (χ0) is 20.8. The molecular formula is C18H23N7O4. The number of aromatic nitrogens is 4. The third kappa shape index (κ3) is 3.29. The molecule has 0 aliphatic carbocycles. The lowest BCUT2D eigenvalue weighted by atomic mass is 10.1. The van der Waals surface area contributed by atoms with Gasteiger partial charge in [-0.3, -0.25) is 9.36 Å². The van der Waals surface area contributed by atoms with Gasteiger partial charge in [-0.15, -0.1) is 0 Å². The van der Waals surface area contributed by atoms with Crippen molar-refractivity contribution < 1.29 is 19.0 Å². The number of imidazole rings is 1. The highest BCUT2D eigenvalue weighted by Crippen LogP contribution is 2.44. The molecule has 0 radical (unpaired) electrons. The van der Waals surface area contributed by atoms with Crippen molar-refractivity contribution in [3.63, 3.8) is 0 Å². The van der Waals surface area contributed by atoms with E-state index >= 15 is 0 Å². The molecular weight excluding hydrogens is 378 g/mol. The predicted molar refractivity (Wildman–Crippen MR) is 101 cm³/mol. The summed E-state index contributed by atoms with van der Waals surface area (Å²) in [5.74, 6) is -0.655. The summed E-state index contributed by atoms with van der Waals surface area (Å²) in [6.07, 6.45) is -1.11. The van der Waals surface area contributed by atoms with Gasteiger partial charge in [0, 0.05) is 13.1 Å². The van der Waals surface area contributed by atoms with Crippen LogP contribution in [0.1, 0.15) is 39.7 Å². The van der Waals surface area contributed by atoms with Gasteiger partial charge in [-0.05, 0) is 27.7 Å². The van der Waals surface area contributed by atoms with Crippen LogP contribution in [0, 0.1) is 11.3 Å². The highest BCUT2D eigenvalue weighted by molar-refractivity contribution is 5.84. The lowest BCUT2D eigenvalue weighted by molar-refractivity contribution is -0.197. The summed E-state index contributed by atoms with van der Waals surface area (Å²) in [6.45, 7) is 8.43. The van der Waals surface area contributed by atoms with E-state index in [2.05, 4.69) is 25.6 Å². The van der Waals surface area contributed by atoms with Gasteiger partial charge in [0.15, 0.2) is 35.1 Å². The van der Waals surface area contributed by atoms with Crippen LogP contribution in [0.2, 0.25) is 0 Å². The van der Waals surface area contributed by atoms with E-state index in [9.17, 15) is 10.1 Å². The molecule has 0 bridgehead atoms. The maximum absolute atomic E-state index is 12.5. The van der Waals surface area contributed by atoms with Crippen molar-refractivity contribution in [2.45, 2.75) is 58.0 Å². The average molecular weight is 401 g/mol. The fraction of sp³-hybridized carbons (Fsp3) is 0.611. The summed E-state index contributed by atoms with van der Waals surface area (Å²) < 4.78 is 19.7. The molecule has 2 aromatic rings. The number of fused-ring (bicyclic) bond motifs is 2. The molecule has 4 heterocycles. The van der Waals surface area contributed by atoms with E-state index in [0.717, 1.165) is 0 Å². The van der Waals surface area contributed by atoms with Crippen molar-refractivity contribution in [2.75, 3.05) is 18.4 Å². The minimum absolute atomic E-state index is 0.00828. The second kappa shape index (κ2) is 7.22. The number of amides is 1. The highest BCUT2D eigenvalue weighted by Gasteiger charge is 2.58. The molecule has 4 atom stereocenters. The molecule has 0 unspecified atom stereocenters. The highest BCUT2D eigenvalue weighted by atomic mass is 16.8. The summed E-state index contributed by atoms with van der Waals surface area (Å²) in [5.41, 5.74) is 0.923. The molecule has 2 aliphatic heterocycles. The molecule has 154 valence electrons. The standard InChI is InChI=1S/C18H23N7O4/c1-5-20-14-10-15(24-9(7-19)23-14)25(8-22-10)17-13-11(28-18(3,4)29-13)12(27-17)16(26)21-6-2/h8,11-13,17H,5-6H2,1-4H3,(H,21,26)(H,20,23,24)/t11-,12+,13-,17-/m1/s1. The maximum Gasteiger partial charge on any atom is 0.252 e. The number of likely N-dealkylation sites (N-methyl/N-ethyl adjacent to an activating group) is 1. The van der Waals surface area contributed by atoms with E-state index in [-0.39, 0.29) is 11.7 Å². The maximum atomic E-state index is 12.5. The molecule has 0 aromatic carbocycles. The summed E-state index contributed by atoms with van der Waals surface area (Å²) in [4.78, 5) is 25.4. The Labute approximate surface area is 167 Å². The number of ether oxygens (including phenoxy) is 3. The first kappa shape index (κ1) is 19.5. The zero-order valence-electron chi connectivity index (χ0n) is 16.7. The molecule has 0 spiro atoms. The number of rotatable bonds is 5. The quantitative estimate of drug-likeness (QED) is 0.741. The summed E-state index contributed by atoms with van der Waals surface area (Å²) in [7, 11) is 0. The van der Waals surface area contributed by atoms with Crippen LogP contribution in [0.3, 0.4) is 0 Å². The molecule has 2 aromatic heterocycles. The van der Waals surface area contributed by atoms with Gasteiger partial charge in [0.2, 0.25) is 5.82 Å². The molecule has 2 aliphatic rings. The normalized spacial score (nSPS) is 27.6. The number of nitrogens with zero attached hydrogens (tertiary/aromatic N) is 5. The monoisotopic (exact) mass is 401 g/mol. The van der Waals surface area contributed by atoms with Crippen LogP contribution < -0.4 is 10.6 Å². The van der Waals surface area contributed by atoms with Crippen molar-refractivity contribution in [3.05, 3.63) is 12.2 Å². The minimum atomic E-state index is -0.861. The molecule has 11 heteroatoms. The Kier molecular flexibility index (Phi) is 4.85. The first-order valence-electron chi connectivity index (χ1n) is 9.56. The van der Waals surface area contributed by atoms with E-state index in [1.807, 2.05) is 19.9 Å². The third-order valence-electron chi connectivity index (χ3n) is 4.78. The van der Waals surface area contributed by atoms with Crippen LogP contribution in [-0.2, 0) is 19.0 Å². The van der Waals surface area contributed by atoms with Gasteiger partial charge in [0.1, 0.15) is 18.3 Å². The van der Waals surface area contributed by atoms with Crippen LogP contribution in [-0.4, -0.2) is 62.6 Å².